The number of methoxy groups -OCH3 is 2. The molecule has 1 rings (SSSR count). The number of hydrogen-bond donors (Lipinski definition) is 1. The molecule has 0 radical (unpaired) electrons. The van der Waals surface area contributed by atoms with Gasteiger partial charge in [-0.05, 0) is 34.5 Å². The summed E-state index contributed by atoms with van der Waals surface area (Å²) in [5.74, 6) is 0.844. The van der Waals surface area contributed by atoms with E-state index in [2.05, 4.69) is 21.2 Å². The molecule has 0 heterocycles. The smallest absolute Gasteiger partial charge is 0.121 e. The molecule has 0 amide bonds. The molecule has 0 bridgehead atoms. The Morgan fingerprint density at radius 3 is 2.72 bits per heavy atom. The number of halogens is 1. The highest BCUT2D eigenvalue weighted by Crippen LogP contribution is 2.26. The van der Waals surface area contributed by atoms with Crippen LogP contribution in [0.2, 0.25) is 0 Å². The molecule has 18 heavy (non-hydrogen) atoms. The molecule has 0 aliphatic heterocycles. The Hall–Kier alpha value is -0.780. The van der Waals surface area contributed by atoms with Crippen LogP contribution < -0.4 is 10.1 Å². The second kappa shape index (κ2) is 9.19. The quantitative estimate of drug-likeness (QED) is 0.711. The number of ether oxygens (including phenoxy) is 3. The van der Waals surface area contributed by atoms with Gasteiger partial charge in [0.1, 0.15) is 5.75 Å². The van der Waals surface area contributed by atoms with E-state index in [1.54, 1.807) is 14.2 Å². The molecule has 1 aromatic rings. The van der Waals surface area contributed by atoms with Gasteiger partial charge in [-0.25, -0.2) is 0 Å². The lowest BCUT2D eigenvalue weighted by Gasteiger charge is -2.10. The monoisotopic (exact) mass is 317 g/mol. The summed E-state index contributed by atoms with van der Waals surface area (Å²) in [7, 11) is 3.34. The highest BCUT2D eigenvalue weighted by molar-refractivity contribution is 9.10. The Labute approximate surface area is 117 Å². The van der Waals surface area contributed by atoms with Gasteiger partial charge in [0.15, 0.2) is 0 Å². The van der Waals surface area contributed by atoms with Gasteiger partial charge in [0.2, 0.25) is 0 Å². The molecule has 0 saturated carbocycles. The summed E-state index contributed by atoms with van der Waals surface area (Å²) >= 11 is 3.50. The molecular formula is C13H20BrNO3. The van der Waals surface area contributed by atoms with E-state index < -0.39 is 0 Å². The van der Waals surface area contributed by atoms with E-state index in [-0.39, 0.29) is 0 Å². The fourth-order valence-electron chi connectivity index (χ4n) is 1.41. The van der Waals surface area contributed by atoms with Gasteiger partial charge in [-0.2, -0.15) is 0 Å². The van der Waals surface area contributed by atoms with Crippen LogP contribution in [0.5, 0.6) is 5.75 Å². The molecule has 0 unspecified atom stereocenters. The number of nitrogens with one attached hydrogen (secondary N) is 1. The van der Waals surface area contributed by atoms with Crippen LogP contribution in [-0.2, 0) is 9.47 Å². The minimum absolute atomic E-state index is 0.648. The zero-order valence-corrected chi connectivity index (χ0v) is 12.5. The van der Waals surface area contributed by atoms with E-state index >= 15 is 0 Å². The maximum atomic E-state index is 5.39. The second-order valence-corrected chi connectivity index (χ2v) is 4.59. The molecular weight excluding hydrogens is 298 g/mol. The van der Waals surface area contributed by atoms with Crippen LogP contribution >= 0.6 is 15.9 Å². The van der Waals surface area contributed by atoms with Crippen molar-refractivity contribution in [2.24, 2.45) is 0 Å². The number of hydrogen-bond acceptors (Lipinski definition) is 4. The van der Waals surface area contributed by atoms with Crippen molar-refractivity contribution in [2.45, 2.75) is 6.42 Å². The molecule has 0 aromatic heterocycles. The fraction of sp³-hybridized carbons (Fsp3) is 0.538. The highest BCUT2D eigenvalue weighted by atomic mass is 79.9. The summed E-state index contributed by atoms with van der Waals surface area (Å²) in [5, 5.41) is 3.34. The SMILES string of the molecule is COCCOCCCNc1cc(OC)ccc1Br. The Morgan fingerprint density at radius 2 is 2.00 bits per heavy atom. The molecule has 0 atom stereocenters. The maximum absolute atomic E-state index is 5.39. The summed E-state index contributed by atoms with van der Waals surface area (Å²) < 4.78 is 16.5. The first-order chi connectivity index (χ1) is 8.77. The lowest BCUT2D eigenvalue weighted by molar-refractivity contribution is 0.0705. The lowest BCUT2D eigenvalue weighted by Crippen LogP contribution is -2.08. The molecule has 1 aromatic carbocycles. The minimum Gasteiger partial charge on any atom is -0.497 e. The molecule has 5 heteroatoms. The Kier molecular flexibility index (Phi) is 7.80. The third-order valence-corrected chi connectivity index (χ3v) is 3.08. The first-order valence-corrected chi connectivity index (χ1v) is 6.71. The van der Waals surface area contributed by atoms with Gasteiger partial charge >= 0.3 is 0 Å². The lowest BCUT2D eigenvalue weighted by atomic mass is 10.3. The van der Waals surface area contributed by atoms with E-state index in [0.29, 0.717) is 13.2 Å². The van der Waals surface area contributed by atoms with Gasteiger partial charge in [-0.15, -0.1) is 0 Å². The average molecular weight is 318 g/mol. The first kappa shape index (κ1) is 15.3. The molecule has 0 fully saturated rings. The highest BCUT2D eigenvalue weighted by Gasteiger charge is 2.01. The molecule has 4 nitrogen and oxygen atoms in total. The number of benzene rings is 1. The number of rotatable bonds is 9. The predicted octanol–water partition coefficient (Wildman–Crippen LogP) is 2.92. The van der Waals surface area contributed by atoms with Gasteiger partial charge in [0.05, 0.1) is 26.0 Å². The maximum Gasteiger partial charge on any atom is 0.121 e. The third-order valence-electron chi connectivity index (χ3n) is 2.39. The van der Waals surface area contributed by atoms with Crippen molar-refractivity contribution in [3.8, 4) is 5.75 Å². The normalized spacial score (nSPS) is 10.4. The fourth-order valence-corrected chi connectivity index (χ4v) is 1.80. The zero-order chi connectivity index (χ0) is 13.2. The molecule has 1 N–H and O–H groups in total. The molecule has 0 aliphatic rings. The van der Waals surface area contributed by atoms with Crippen LogP contribution in [0.15, 0.2) is 22.7 Å². The van der Waals surface area contributed by atoms with Gasteiger partial charge in [-0.1, -0.05) is 0 Å². The summed E-state index contributed by atoms with van der Waals surface area (Å²) in [6.07, 6.45) is 0.952. The average Bonchev–Trinajstić information content (AvgIpc) is 2.39. The molecule has 0 spiro atoms. The van der Waals surface area contributed by atoms with Crippen LogP contribution in [0.3, 0.4) is 0 Å². The topological polar surface area (TPSA) is 39.7 Å². The van der Waals surface area contributed by atoms with E-state index in [9.17, 15) is 0 Å². The summed E-state index contributed by atoms with van der Waals surface area (Å²) in [6, 6.07) is 5.86. The summed E-state index contributed by atoms with van der Waals surface area (Å²) in [4.78, 5) is 0. The van der Waals surface area contributed by atoms with Crippen molar-refractivity contribution in [3.63, 3.8) is 0 Å². The van der Waals surface area contributed by atoms with Gasteiger partial charge in [0.25, 0.3) is 0 Å². The first-order valence-electron chi connectivity index (χ1n) is 5.92. The molecule has 0 saturated heterocycles. The molecule has 0 aliphatic carbocycles. The van der Waals surface area contributed by atoms with E-state index in [4.69, 9.17) is 14.2 Å². The molecule has 102 valence electrons. The Balaban J connectivity index is 2.22. The minimum atomic E-state index is 0.648. The van der Waals surface area contributed by atoms with E-state index in [0.717, 1.165) is 35.5 Å². The van der Waals surface area contributed by atoms with Crippen LogP contribution in [0.25, 0.3) is 0 Å². The van der Waals surface area contributed by atoms with Gasteiger partial charge in [0, 0.05) is 30.8 Å². The van der Waals surface area contributed by atoms with Crippen LogP contribution in [-0.4, -0.2) is 40.6 Å². The van der Waals surface area contributed by atoms with Crippen molar-refractivity contribution in [3.05, 3.63) is 22.7 Å². The van der Waals surface area contributed by atoms with E-state index in [1.807, 2.05) is 18.2 Å². The van der Waals surface area contributed by atoms with Crippen molar-refractivity contribution in [2.75, 3.05) is 45.9 Å². The van der Waals surface area contributed by atoms with Crippen LogP contribution in [0, 0.1) is 0 Å². The van der Waals surface area contributed by atoms with Crippen molar-refractivity contribution in [1.29, 1.82) is 0 Å². The Bertz CT molecular complexity index is 347. The van der Waals surface area contributed by atoms with E-state index in [1.165, 1.54) is 0 Å². The summed E-state index contributed by atoms with van der Waals surface area (Å²) in [6.45, 7) is 2.89. The largest absolute Gasteiger partial charge is 0.497 e. The summed E-state index contributed by atoms with van der Waals surface area (Å²) in [5.41, 5.74) is 1.03. The van der Waals surface area contributed by atoms with Crippen molar-refractivity contribution >= 4 is 21.6 Å². The number of anilines is 1. The van der Waals surface area contributed by atoms with Gasteiger partial charge in [-0.3, -0.25) is 0 Å². The van der Waals surface area contributed by atoms with Crippen molar-refractivity contribution in [1.82, 2.24) is 0 Å². The second-order valence-electron chi connectivity index (χ2n) is 3.73. The zero-order valence-electron chi connectivity index (χ0n) is 10.9. The Morgan fingerprint density at radius 1 is 1.17 bits per heavy atom. The van der Waals surface area contributed by atoms with Gasteiger partial charge < -0.3 is 19.5 Å². The predicted molar refractivity (Wildman–Crippen MR) is 76.5 cm³/mol. The standard InChI is InChI=1S/C13H20BrNO3/c1-16-8-9-18-7-3-6-15-13-10-11(17-2)4-5-12(13)14/h4-5,10,15H,3,6-9H2,1-2H3. The van der Waals surface area contributed by atoms with Crippen LogP contribution in [0.4, 0.5) is 5.69 Å². The van der Waals surface area contributed by atoms with Crippen molar-refractivity contribution < 1.29 is 14.2 Å². The third kappa shape index (κ3) is 5.71. The van der Waals surface area contributed by atoms with Crippen LogP contribution in [0.1, 0.15) is 6.42 Å².